The highest BCUT2D eigenvalue weighted by atomic mass is 35.7. The van der Waals surface area contributed by atoms with Crippen LogP contribution in [0.25, 0.3) is 0 Å². The molecule has 0 N–H and O–H groups in total. The molecule has 0 aliphatic heterocycles. The van der Waals surface area contributed by atoms with Crippen LogP contribution < -0.4 is 4.74 Å². The Bertz CT molecular complexity index is 495. The summed E-state index contributed by atoms with van der Waals surface area (Å²) in [5.41, 5.74) is -1.26. The lowest BCUT2D eigenvalue weighted by molar-refractivity contribution is 0.323. The van der Waals surface area contributed by atoms with Gasteiger partial charge in [-0.25, -0.2) is 8.42 Å². The molecule has 0 bridgehead atoms. The predicted octanol–water partition coefficient (Wildman–Crippen LogP) is 2.08. The summed E-state index contributed by atoms with van der Waals surface area (Å²) in [6.07, 6.45) is 0. The lowest BCUT2D eigenvalue weighted by Crippen LogP contribution is -2.07. The standard InChI is InChI=1S/C8H5Cl2NO3S/c9-8(5-11)14-6-3-1-2-4-7(6)15(10,12)13/h1-4,8H. The lowest BCUT2D eigenvalue weighted by Gasteiger charge is -2.08. The Hall–Kier alpha value is -0.960. The number of alkyl halides is 1. The van der Waals surface area contributed by atoms with Crippen LogP contribution in [0, 0.1) is 11.3 Å². The molecule has 0 aliphatic carbocycles. The van der Waals surface area contributed by atoms with Gasteiger partial charge in [0.2, 0.25) is 0 Å². The molecule has 0 heterocycles. The van der Waals surface area contributed by atoms with Gasteiger partial charge in [-0.2, -0.15) is 5.26 Å². The van der Waals surface area contributed by atoms with E-state index in [2.05, 4.69) is 0 Å². The van der Waals surface area contributed by atoms with Crippen molar-refractivity contribution >= 4 is 31.3 Å². The van der Waals surface area contributed by atoms with Gasteiger partial charge in [-0.1, -0.05) is 23.7 Å². The van der Waals surface area contributed by atoms with Gasteiger partial charge in [0.1, 0.15) is 16.7 Å². The molecule has 0 saturated carbocycles. The summed E-state index contributed by atoms with van der Waals surface area (Å²) in [4.78, 5) is -0.215. The van der Waals surface area contributed by atoms with Crippen LogP contribution in [0.15, 0.2) is 29.2 Å². The maximum absolute atomic E-state index is 11.1. The molecule has 1 atom stereocenters. The number of benzene rings is 1. The van der Waals surface area contributed by atoms with E-state index in [4.69, 9.17) is 32.3 Å². The van der Waals surface area contributed by atoms with Crippen LogP contribution in [-0.4, -0.2) is 14.0 Å². The fraction of sp³-hybridized carbons (Fsp3) is 0.125. The zero-order valence-electron chi connectivity index (χ0n) is 7.22. The second-order valence-electron chi connectivity index (χ2n) is 2.45. The maximum atomic E-state index is 11.1. The Labute approximate surface area is 96.4 Å². The van der Waals surface area contributed by atoms with E-state index in [-0.39, 0.29) is 10.6 Å². The molecule has 1 rings (SSSR count). The lowest BCUT2D eigenvalue weighted by atomic mass is 10.3. The van der Waals surface area contributed by atoms with Crippen molar-refractivity contribution in [2.24, 2.45) is 0 Å². The Morgan fingerprint density at radius 1 is 1.40 bits per heavy atom. The predicted molar refractivity (Wildman–Crippen MR) is 55.4 cm³/mol. The van der Waals surface area contributed by atoms with Gasteiger partial charge in [-0.05, 0) is 12.1 Å². The van der Waals surface area contributed by atoms with Crippen LogP contribution in [0.2, 0.25) is 0 Å². The molecule has 15 heavy (non-hydrogen) atoms. The van der Waals surface area contributed by atoms with E-state index in [0.717, 1.165) is 0 Å². The molecule has 1 aromatic rings. The smallest absolute Gasteiger partial charge is 0.264 e. The van der Waals surface area contributed by atoms with Crippen LogP contribution in [0.3, 0.4) is 0 Å². The van der Waals surface area contributed by atoms with Gasteiger partial charge in [0.25, 0.3) is 14.6 Å². The van der Waals surface area contributed by atoms with Crippen LogP contribution in [0.4, 0.5) is 0 Å². The van der Waals surface area contributed by atoms with Crippen molar-refractivity contribution in [3.63, 3.8) is 0 Å². The third-order valence-electron chi connectivity index (χ3n) is 1.44. The van der Waals surface area contributed by atoms with Crippen LogP contribution in [-0.2, 0) is 9.05 Å². The zero-order chi connectivity index (χ0) is 11.5. The monoisotopic (exact) mass is 265 g/mol. The van der Waals surface area contributed by atoms with Gasteiger partial charge in [-0.3, -0.25) is 0 Å². The molecule has 0 saturated heterocycles. The van der Waals surface area contributed by atoms with Crippen molar-refractivity contribution in [1.82, 2.24) is 0 Å². The Morgan fingerprint density at radius 2 is 2.00 bits per heavy atom. The average Bonchev–Trinajstić information content (AvgIpc) is 2.17. The SMILES string of the molecule is N#CC(Cl)Oc1ccccc1S(=O)(=O)Cl. The number of ether oxygens (including phenoxy) is 1. The van der Waals surface area contributed by atoms with Crippen molar-refractivity contribution in [3.05, 3.63) is 24.3 Å². The Morgan fingerprint density at radius 3 is 2.53 bits per heavy atom. The minimum absolute atomic E-state index is 0.0472. The molecular formula is C8H5Cl2NO3S. The molecule has 0 fully saturated rings. The number of nitrogens with zero attached hydrogens (tertiary/aromatic N) is 1. The van der Waals surface area contributed by atoms with E-state index in [9.17, 15) is 8.42 Å². The molecular weight excluding hydrogens is 261 g/mol. The first kappa shape index (κ1) is 12.1. The van der Waals surface area contributed by atoms with E-state index in [0.29, 0.717) is 0 Å². The molecule has 80 valence electrons. The van der Waals surface area contributed by atoms with E-state index in [1.54, 1.807) is 12.1 Å². The van der Waals surface area contributed by atoms with Crippen LogP contribution >= 0.6 is 22.3 Å². The normalized spacial score (nSPS) is 12.9. The Balaban J connectivity index is 3.15. The van der Waals surface area contributed by atoms with E-state index < -0.39 is 14.6 Å². The third-order valence-corrected chi connectivity index (χ3v) is 2.99. The van der Waals surface area contributed by atoms with Gasteiger partial charge in [-0.15, -0.1) is 0 Å². The largest absolute Gasteiger partial charge is 0.460 e. The van der Waals surface area contributed by atoms with Crippen LogP contribution in [0.5, 0.6) is 5.75 Å². The molecule has 4 nitrogen and oxygen atoms in total. The molecule has 7 heteroatoms. The van der Waals surface area contributed by atoms with E-state index in [1.807, 2.05) is 0 Å². The second-order valence-corrected chi connectivity index (χ2v) is 5.38. The number of nitriles is 1. The molecule has 1 aromatic carbocycles. The summed E-state index contributed by atoms with van der Waals surface area (Å²) in [5.74, 6) is -0.0472. The van der Waals surface area contributed by atoms with E-state index in [1.165, 1.54) is 18.2 Å². The molecule has 0 spiro atoms. The van der Waals surface area contributed by atoms with Gasteiger partial charge in [0.15, 0.2) is 0 Å². The average molecular weight is 266 g/mol. The van der Waals surface area contributed by atoms with E-state index >= 15 is 0 Å². The first-order valence-corrected chi connectivity index (χ1v) is 6.44. The summed E-state index contributed by atoms with van der Waals surface area (Å²) < 4.78 is 27.0. The van der Waals surface area contributed by atoms with Gasteiger partial charge in [0, 0.05) is 10.7 Å². The second kappa shape index (κ2) is 4.71. The molecule has 1 unspecified atom stereocenters. The van der Waals surface area contributed by atoms with Crippen LogP contribution in [0.1, 0.15) is 0 Å². The maximum Gasteiger partial charge on any atom is 0.264 e. The summed E-state index contributed by atoms with van der Waals surface area (Å²) in [5, 5.41) is 8.40. The van der Waals surface area contributed by atoms with Crippen molar-refractivity contribution in [2.45, 2.75) is 10.5 Å². The molecule has 0 aromatic heterocycles. The first-order valence-electron chi connectivity index (χ1n) is 3.69. The summed E-state index contributed by atoms with van der Waals surface area (Å²) >= 11 is 5.40. The fourth-order valence-corrected chi connectivity index (χ4v) is 1.96. The molecule has 0 amide bonds. The van der Waals surface area contributed by atoms with Gasteiger partial charge < -0.3 is 4.74 Å². The highest BCUT2D eigenvalue weighted by Gasteiger charge is 2.17. The topological polar surface area (TPSA) is 67.2 Å². The molecule has 0 radical (unpaired) electrons. The number of para-hydroxylation sites is 1. The summed E-state index contributed by atoms with van der Waals surface area (Å²) in [6.45, 7) is 0. The fourth-order valence-electron chi connectivity index (χ4n) is 0.887. The summed E-state index contributed by atoms with van der Waals surface area (Å²) in [7, 11) is 1.25. The third kappa shape index (κ3) is 3.27. The van der Waals surface area contributed by atoms with Gasteiger partial charge in [0.05, 0.1) is 0 Å². The number of halogens is 2. The number of rotatable bonds is 3. The summed E-state index contributed by atoms with van der Waals surface area (Å²) in [6, 6.07) is 7.25. The number of hydrogen-bond acceptors (Lipinski definition) is 4. The van der Waals surface area contributed by atoms with Crippen molar-refractivity contribution in [3.8, 4) is 11.8 Å². The zero-order valence-corrected chi connectivity index (χ0v) is 9.55. The van der Waals surface area contributed by atoms with Crippen molar-refractivity contribution < 1.29 is 13.2 Å². The van der Waals surface area contributed by atoms with Gasteiger partial charge >= 0.3 is 0 Å². The minimum atomic E-state index is -3.91. The highest BCUT2D eigenvalue weighted by Crippen LogP contribution is 2.27. The Kier molecular flexibility index (Phi) is 3.80. The molecule has 0 aliphatic rings. The number of hydrogen-bond donors (Lipinski definition) is 0. The first-order chi connectivity index (χ1) is 6.95. The quantitative estimate of drug-likeness (QED) is 0.620. The van der Waals surface area contributed by atoms with Crippen molar-refractivity contribution in [1.29, 1.82) is 5.26 Å². The highest BCUT2D eigenvalue weighted by molar-refractivity contribution is 8.13. The minimum Gasteiger partial charge on any atom is -0.460 e. The van der Waals surface area contributed by atoms with Crippen molar-refractivity contribution in [2.75, 3.05) is 0 Å².